The van der Waals surface area contributed by atoms with Gasteiger partial charge in [0.25, 0.3) is 5.91 Å². The second-order valence-corrected chi connectivity index (χ2v) is 4.99. The number of amides is 1. The third-order valence-corrected chi connectivity index (χ3v) is 3.31. The average molecular weight is 362 g/mol. The molecule has 1 N–H and O–H groups in total. The molecule has 0 fully saturated rings. The highest BCUT2D eigenvalue weighted by Gasteiger charge is 2.30. The van der Waals surface area contributed by atoms with Crippen LogP contribution in [0.25, 0.3) is 0 Å². The summed E-state index contributed by atoms with van der Waals surface area (Å²) in [5.41, 5.74) is -0.541. The van der Waals surface area contributed by atoms with Crippen LogP contribution in [0.2, 0.25) is 5.02 Å². The molecule has 0 atom stereocenters. The molecular formula is C17H16ClF4NO. The van der Waals surface area contributed by atoms with Crippen molar-refractivity contribution in [3.05, 3.63) is 63.9 Å². The minimum Gasteiger partial charge on any atom is -0.319 e. The molecule has 0 aliphatic rings. The third-order valence-electron chi connectivity index (χ3n) is 3.02. The van der Waals surface area contributed by atoms with Gasteiger partial charge in [-0.05, 0) is 42.8 Å². The van der Waals surface area contributed by atoms with E-state index in [4.69, 9.17) is 11.6 Å². The minimum absolute atomic E-state index is 0.0215. The van der Waals surface area contributed by atoms with Gasteiger partial charge in [0.2, 0.25) is 0 Å². The molecule has 0 aliphatic carbocycles. The third kappa shape index (κ3) is 4.71. The number of carbonyl (C=O) groups excluding carboxylic acids is 1. The van der Waals surface area contributed by atoms with E-state index in [-0.39, 0.29) is 16.3 Å². The lowest BCUT2D eigenvalue weighted by atomic mass is 10.1. The van der Waals surface area contributed by atoms with E-state index in [2.05, 4.69) is 5.32 Å². The fraction of sp³-hybridized carbons (Fsp3) is 0.235. The van der Waals surface area contributed by atoms with E-state index in [0.29, 0.717) is 5.56 Å². The Bertz CT molecular complexity index is 712. The van der Waals surface area contributed by atoms with E-state index in [1.807, 2.05) is 13.8 Å². The number of rotatable bonds is 2. The van der Waals surface area contributed by atoms with E-state index >= 15 is 0 Å². The van der Waals surface area contributed by atoms with Gasteiger partial charge in [-0.3, -0.25) is 4.79 Å². The summed E-state index contributed by atoms with van der Waals surface area (Å²) in [5, 5.41) is 2.16. The van der Waals surface area contributed by atoms with Crippen molar-refractivity contribution in [2.24, 2.45) is 0 Å². The molecule has 0 saturated heterocycles. The molecule has 0 saturated carbocycles. The number of benzene rings is 2. The van der Waals surface area contributed by atoms with Crippen LogP contribution in [0.15, 0.2) is 36.4 Å². The molecule has 1 amide bonds. The van der Waals surface area contributed by atoms with Crippen LogP contribution in [0, 0.1) is 12.7 Å². The van der Waals surface area contributed by atoms with E-state index in [9.17, 15) is 22.4 Å². The predicted molar refractivity (Wildman–Crippen MR) is 86.9 cm³/mol. The molecule has 7 heteroatoms. The summed E-state index contributed by atoms with van der Waals surface area (Å²) in [4.78, 5) is 12.0. The van der Waals surface area contributed by atoms with Crippen LogP contribution in [-0.2, 0) is 6.18 Å². The minimum atomic E-state index is -4.48. The van der Waals surface area contributed by atoms with Crippen molar-refractivity contribution in [2.45, 2.75) is 26.9 Å². The summed E-state index contributed by atoms with van der Waals surface area (Å²) < 4.78 is 51.2. The molecule has 0 bridgehead atoms. The zero-order valence-electron chi connectivity index (χ0n) is 13.3. The SMILES string of the molecule is CC.Cc1ccc(Cl)c(F)c1NC(=O)c1ccc(C(F)(F)F)cc1. The highest BCUT2D eigenvalue weighted by Crippen LogP contribution is 2.30. The largest absolute Gasteiger partial charge is 0.416 e. The molecule has 0 aromatic heterocycles. The van der Waals surface area contributed by atoms with Gasteiger partial charge in [0.1, 0.15) is 0 Å². The van der Waals surface area contributed by atoms with Crippen LogP contribution >= 0.6 is 11.6 Å². The van der Waals surface area contributed by atoms with Gasteiger partial charge in [-0.1, -0.05) is 31.5 Å². The lowest BCUT2D eigenvalue weighted by molar-refractivity contribution is -0.137. The summed E-state index contributed by atoms with van der Waals surface area (Å²) in [6.45, 7) is 5.57. The molecule has 2 aromatic rings. The summed E-state index contributed by atoms with van der Waals surface area (Å²) in [6, 6.07) is 6.49. The Labute approximate surface area is 142 Å². The smallest absolute Gasteiger partial charge is 0.319 e. The quantitative estimate of drug-likeness (QED) is 0.645. The molecule has 0 unspecified atom stereocenters. The van der Waals surface area contributed by atoms with Crippen molar-refractivity contribution < 1.29 is 22.4 Å². The van der Waals surface area contributed by atoms with Crippen LogP contribution < -0.4 is 5.32 Å². The monoisotopic (exact) mass is 361 g/mol. The molecule has 0 radical (unpaired) electrons. The van der Waals surface area contributed by atoms with Gasteiger partial charge in [0, 0.05) is 5.56 Å². The Morgan fingerprint density at radius 3 is 2.08 bits per heavy atom. The van der Waals surface area contributed by atoms with Gasteiger partial charge in [0.05, 0.1) is 16.3 Å². The van der Waals surface area contributed by atoms with Gasteiger partial charge in [0.15, 0.2) is 5.82 Å². The number of hydrogen-bond donors (Lipinski definition) is 1. The second kappa shape index (κ2) is 8.15. The van der Waals surface area contributed by atoms with Crippen LogP contribution in [0.3, 0.4) is 0 Å². The Morgan fingerprint density at radius 2 is 1.58 bits per heavy atom. The van der Waals surface area contributed by atoms with E-state index in [1.54, 1.807) is 6.92 Å². The fourth-order valence-electron chi connectivity index (χ4n) is 1.80. The van der Waals surface area contributed by atoms with E-state index < -0.39 is 23.5 Å². The number of carbonyl (C=O) groups is 1. The van der Waals surface area contributed by atoms with Crippen LogP contribution in [0.4, 0.5) is 23.2 Å². The Kier molecular flexibility index (Phi) is 6.78. The lowest BCUT2D eigenvalue weighted by Crippen LogP contribution is -2.15. The van der Waals surface area contributed by atoms with Crippen molar-refractivity contribution in [3.8, 4) is 0 Å². The van der Waals surface area contributed by atoms with Crippen LogP contribution in [0.1, 0.15) is 35.3 Å². The molecule has 0 heterocycles. The standard InChI is InChI=1S/C15H10ClF4NO.C2H6/c1-8-2-7-11(16)12(17)13(8)21-14(22)9-3-5-10(6-4-9)15(18,19)20;1-2/h2-7H,1H3,(H,21,22);1-2H3. The zero-order chi connectivity index (χ0) is 18.5. The Morgan fingerprint density at radius 1 is 1.04 bits per heavy atom. The van der Waals surface area contributed by atoms with Gasteiger partial charge in [-0.2, -0.15) is 13.2 Å². The number of hydrogen-bond acceptors (Lipinski definition) is 1. The maximum absolute atomic E-state index is 13.9. The van der Waals surface area contributed by atoms with Crippen LogP contribution in [-0.4, -0.2) is 5.91 Å². The van der Waals surface area contributed by atoms with Gasteiger partial charge in [-0.25, -0.2) is 4.39 Å². The first-order chi connectivity index (χ1) is 11.2. The van der Waals surface area contributed by atoms with E-state index in [1.165, 1.54) is 12.1 Å². The molecule has 2 rings (SSSR count). The van der Waals surface area contributed by atoms with Gasteiger partial charge < -0.3 is 5.32 Å². The highest BCUT2D eigenvalue weighted by atomic mass is 35.5. The first-order valence-corrected chi connectivity index (χ1v) is 7.51. The summed E-state index contributed by atoms with van der Waals surface area (Å²) >= 11 is 5.63. The fourth-order valence-corrected chi connectivity index (χ4v) is 1.95. The predicted octanol–water partition coefficient (Wildman–Crippen LogP) is 6.08. The zero-order valence-corrected chi connectivity index (χ0v) is 14.0. The van der Waals surface area contributed by atoms with Gasteiger partial charge in [-0.15, -0.1) is 0 Å². The van der Waals surface area contributed by atoms with Crippen molar-refractivity contribution >= 4 is 23.2 Å². The number of anilines is 1. The van der Waals surface area contributed by atoms with Crippen molar-refractivity contribution in [3.63, 3.8) is 0 Å². The number of nitrogens with one attached hydrogen (secondary N) is 1. The molecule has 2 nitrogen and oxygen atoms in total. The molecule has 24 heavy (non-hydrogen) atoms. The summed E-state index contributed by atoms with van der Waals surface area (Å²) in [7, 11) is 0. The number of alkyl halides is 3. The van der Waals surface area contributed by atoms with Gasteiger partial charge >= 0.3 is 6.18 Å². The number of aryl methyl sites for hydroxylation is 1. The summed E-state index contributed by atoms with van der Waals surface area (Å²) in [6.07, 6.45) is -4.48. The molecular weight excluding hydrogens is 346 g/mol. The summed E-state index contributed by atoms with van der Waals surface area (Å²) in [5.74, 6) is -1.51. The average Bonchev–Trinajstić information content (AvgIpc) is 2.56. The maximum Gasteiger partial charge on any atom is 0.416 e. The molecule has 0 spiro atoms. The van der Waals surface area contributed by atoms with Crippen molar-refractivity contribution in [1.29, 1.82) is 0 Å². The van der Waals surface area contributed by atoms with Crippen LogP contribution in [0.5, 0.6) is 0 Å². The Hall–Kier alpha value is -2.08. The Balaban J connectivity index is 0.00000139. The lowest BCUT2D eigenvalue weighted by Gasteiger charge is -2.11. The first kappa shape index (κ1) is 20.0. The second-order valence-electron chi connectivity index (χ2n) is 4.58. The first-order valence-electron chi connectivity index (χ1n) is 7.13. The van der Waals surface area contributed by atoms with Crippen molar-refractivity contribution in [2.75, 3.05) is 5.32 Å². The van der Waals surface area contributed by atoms with E-state index in [0.717, 1.165) is 24.3 Å². The molecule has 130 valence electrons. The van der Waals surface area contributed by atoms with Crippen molar-refractivity contribution in [1.82, 2.24) is 0 Å². The molecule has 2 aromatic carbocycles. The molecule has 0 aliphatic heterocycles. The number of halogens is 5. The highest BCUT2D eigenvalue weighted by molar-refractivity contribution is 6.31. The maximum atomic E-state index is 13.9. The topological polar surface area (TPSA) is 29.1 Å². The normalized spacial score (nSPS) is 10.7.